The van der Waals surface area contributed by atoms with E-state index in [2.05, 4.69) is 15.6 Å². The molecule has 0 saturated heterocycles. The van der Waals surface area contributed by atoms with Crippen LogP contribution in [0.5, 0.6) is 0 Å². The van der Waals surface area contributed by atoms with Gasteiger partial charge in [0.1, 0.15) is 0 Å². The second-order valence-corrected chi connectivity index (χ2v) is 2.91. The lowest BCUT2D eigenvalue weighted by Crippen LogP contribution is -2.35. The molecule has 0 fully saturated rings. The first-order valence-corrected chi connectivity index (χ1v) is 4.31. The maximum Gasteiger partial charge on any atom is 0.239 e. The van der Waals surface area contributed by atoms with Crippen LogP contribution in [0.4, 0.5) is 0 Å². The molecule has 1 aromatic heterocycles. The normalized spacial score (nSPS) is 9.50. The minimum absolute atomic E-state index is 0.0275. The Hall–Kier alpha value is -1.78. The number of H-pyrrole nitrogens is 1. The number of amides is 2. The Bertz CT molecular complexity index is 306. The summed E-state index contributed by atoms with van der Waals surface area (Å²) in [5.41, 5.74) is 1.00. The van der Waals surface area contributed by atoms with E-state index in [-0.39, 0.29) is 18.4 Å². The first-order chi connectivity index (χ1) is 6.68. The Labute approximate surface area is 81.9 Å². The molecule has 5 heteroatoms. The highest BCUT2D eigenvalue weighted by Gasteiger charge is 2.01. The van der Waals surface area contributed by atoms with Crippen LogP contribution in [0.3, 0.4) is 0 Å². The third kappa shape index (κ3) is 3.75. The minimum atomic E-state index is -0.207. The van der Waals surface area contributed by atoms with Crippen LogP contribution in [0.25, 0.3) is 0 Å². The average molecular weight is 195 g/mol. The molecule has 1 aromatic rings. The number of hydrogen-bond donors (Lipinski definition) is 3. The molecule has 76 valence electrons. The van der Waals surface area contributed by atoms with Crippen molar-refractivity contribution in [1.29, 1.82) is 0 Å². The summed E-state index contributed by atoms with van der Waals surface area (Å²) in [6, 6.07) is 1.87. The van der Waals surface area contributed by atoms with Gasteiger partial charge < -0.3 is 15.6 Å². The second-order valence-electron chi connectivity index (χ2n) is 2.91. The van der Waals surface area contributed by atoms with Crippen molar-refractivity contribution in [3.8, 4) is 0 Å². The lowest BCUT2D eigenvalue weighted by molar-refractivity contribution is -0.125. The van der Waals surface area contributed by atoms with Crippen molar-refractivity contribution in [3.63, 3.8) is 0 Å². The molecule has 0 aliphatic heterocycles. The predicted molar refractivity (Wildman–Crippen MR) is 51.3 cm³/mol. The fraction of sp³-hybridized carbons (Fsp3) is 0.333. The highest BCUT2D eigenvalue weighted by atomic mass is 16.2. The number of carbonyl (C=O) groups excluding carboxylic acids is 2. The summed E-state index contributed by atoms with van der Waals surface area (Å²) < 4.78 is 0. The summed E-state index contributed by atoms with van der Waals surface area (Å²) in [6.45, 7) is 1.88. The molecular formula is C9H13N3O2. The molecule has 3 N–H and O–H groups in total. The number of nitrogens with one attached hydrogen (secondary N) is 3. The molecule has 5 nitrogen and oxygen atoms in total. The minimum Gasteiger partial charge on any atom is -0.367 e. The van der Waals surface area contributed by atoms with Crippen LogP contribution in [0.2, 0.25) is 0 Å². The van der Waals surface area contributed by atoms with Crippen molar-refractivity contribution in [2.24, 2.45) is 0 Å². The van der Waals surface area contributed by atoms with E-state index >= 15 is 0 Å². The van der Waals surface area contributed by atoms with E-state index in [0.717, 1.165) is 5.56 Å². The van der Waals surface area contributed by atoms with Gasteiger partial charge in [-0.15, -0.1) is 0 Å². The molecule has 0 unspecified atom stereocenters. The van der Waals surface area contributed by atoms with Gasteiger partial charge in [0.25, 0.3) is 0 Å². The quantitative estimate of drug-likeness (QED) is 0.620. The van der Waals surface area contributed by atoms with Crippen LogP contribution in [0, 0.1) is 0 Å². The van der Waals surface area contributed by atoms with Crippen LogP contribution >= 0.6 is 0 Å². The summed E-state index contributed by atoms with van der Waals surface area (Å²) in [5.74, 6) is -0.400. The summed E-state index contributed by atoms with van der Waals surface area (Å²) in [4.78, 5) is 24.5. The van der Waals surface area contributed by atoms with E-state index in [4.69, 9.17) is 0 Å². The summed E-state index contributed by atoms with van der Waals surface area (Å²) in [5, 5.41) is 5.08. The largest absolute Gasteiger partial charge is 0.367 e. The Kier molecular flexibility index (Phi) is 3.72. The van der Waals surface area contributed by atoms with Crippen LogP contribution in [-0.2, 0) is 16.1 Å². The van der Waals surface area contributed by atoms with E-state index < -0.39 is 0 Å². The van der Waals surface area contributed by atoms with Crippen LogP contribution < -0.4 is 10.6 Å². The van der Waals surface area contributed by atoms with Gasteiger partial charge in [0.05, 0.1) is 6.54 Å². The molecule has 2 amide bonds. The summed E-state index contributed by atoms with van der Waals surface area (Å²) in [7, 11) is 0. The molecule has 14 heavy (non-hydrogen) atoms. The first-order valence-electron chi connectivity index (χ1n) is 4.31. The van der Waals surface area contributed by atoms with E-state index in [1.807, 2.05) is 6.07 Å². The standard InChI is InChI=1S/C9H13N3O2/c1-7(13)11-6-9(14)12-5-8-2-3-10-4-8/h2-4,10H,5-6H2,1H3,(H,11,13)(H,12,14). The smallest absolute Gasteiger partial charge is 0.239 e. The molecule has 0 aliphatic carbocycles. The molecule has 0 radical (unpaired) electrons. The Balaban J connectivity index is 2.18. The van der Waals surface area contributed by atoms with E-state index in [9.17, 15) is 9.59 Å². The molecule has 0 atom stereocenters. The zero-order valence-corrected chi connectivity index (χ0v) is 7.96. The third-order valence-corrected chi connectivity index (χ3v) is 1.65. The maximum absolute atomic E-state index is 11.1. The van der Waals surface area contributed by atoms with Crippen molar-refractivity contribution in [2.75, 3.05) is 6.54 Å². The number of aromatic nitrogens is 1. The highest BCUT2D eigenvalue weighted by Crippen LogP contribution is 1.94. The van der Waals surface area contributed by atoms with E-state index in [1.54, 1.807) is 12.4 Å². The van der Waals surface area contributed by atoms with Crippen LogP contribution in [0.15, 0.2) is 18.5 Å². The lowest BCUT2D eigenvalue weighted by Gasteiger charge is -2.03. The maximum atomic E-state index is 11.1. The van der Waals surface area contributed by atoms with Gasteiger partial charge in [-0.25, -0.2) is 0 Å². The average Bonchev–Trinajstić information content (AvgIpc) is 2.63. The molecule has 0 bridgehead atoms. The van der Waals surface area contributed by atoms with E-state index in [0.29, 0.717) is 6.54 Å². The van der Waals surface area contributed by atoms with Gasteiger partial charge in [0.15, 0.2) is 0 Å². The SMILES string of the molecule is CC(=O)NCC(=O)NCc1cc[nH]c1. The van der Waals surface area contributed by atoms with E-state index in [1.165, 1.54) is 6.92 Å². The molecule has 0 aromatic carbocycles. The first kappa shape index (κ1) is 10.3. The second kappa shape index (κ2) is 5.06. The van der Waals surface area contributed by atoms with Gasteiger partial charge in [0.2, 0.25) is 11.8 Å². The number of rotatable bonds is 4. The van der Waals surface area contributed by atoms with Crippen molar-refractivity contribution in [3.05, 3.63) is 24.0 Å². The molecular weight excluding hydrogens is 182 g/mol. The van der Waals surface area contributed by atoms with Gasteiger partial charge >= 0.3 is 0 Å². The molecule has 1 rings (SSSR count). The van der Waals surface area contributed by atoms with Crippen molar-refractivity contribution >= 4 is 11.8 Å². The third-order valence-electron chi connectivity index (χ3n) is 1.65. The van der Waals surface area contributed by atoms with Gasteiger partial charge in [-0.2, -0.15) is 0 Å². The summed E-state index contributed by atoms with van der Waals surface area (Å²) >= 11 is 0. The predicted octanol–water partition coefficient (Wildman–Crippen LogP) is -0.233. The monoisotopic (exact) mass is 195 g/mol. The summed E-state index contributed by atoms with van der Waals surface area (Å²) in [6.07, 6.45) is 3.59. The fourth-order valence-corrected chi connectivity index (χ4v) is 0.936. The van der Waals surface area contributed by atoms with Crippen molar-refractivity contribution in [1.82, 2.24) is 15.6 Å². The molecule has 0 saturated carbocycles. The number of hydrogen-bond acceptors (Lipinski definition) is 2. The number of aromatic amines is 1. The molecule has 0 spiro atoms. The van der Waals surface area contributed by atoms with Gasteiger partial charge in [-0.1, -0.05) is 0 Å². The lowest BCUT2D eigenvalue weighted by atomic mass is 10.3. The van der Waals surface area contributed by atoms with Gasteiger partial charge in [-0.05, 0) is 11.6 Å². The highest BCUT2D eigenvalue weighted by molar-refractivity contribution is 5.83. The van der Waals surface area contributed by atoms with Gasteiger partial charge in [0, 0.05) is 25.9 Å². The zero-order valence-electron chi connectivity index (χ0n) is 7.96. The van der Waals surface area contributed by atoms with Gasteiger partial charge in [-0.3, -0.25) is 9.59 Å². The number of carbonyl (C=O) groups is 2. The van der Waals surface area contributed by atoms with Crippen LogP contribution in [-0.4, -0.2) is 23.3 Å². The zero-order chi connectivity index (χ0) is 10.4. The Morgan fingerprint density at radius 1 is 1.43 bits per heavy atom. The van der Waals surface area contributed by atoms with Crippen LogP contribution in [0.1, 0.15) is 12.5 Å². The van der Waals surface area contributed by atoms with Crippen molar-refractivity contribution < 1.29 is 9.59 Å². The fourth-order valence-electron chi connectivity index (χ4n) is 0.936. The Morgan fingerprint density at radius 3 is 2.79 bits per heavy atom. The molecule has 1 heterocycles. The Morgan fingerprint density at radius 2 is 2.21 bits per heavy atom. The molecule has 0 aliphatic rings. The topological polar surface area (TPSA) is 74.0 Å². The van der Waals surface area contributed by atoms with Crippen molar-refractivity contribution in [2.45, 2.75) is 13.5 Å².